The minimum atomic E-state index is -1.90. The van der Waals surface area contributed by atoms with E-state index in [1.165, 1.54) is 0 Å². The number of aliphatic carboxylic acids is 1. The van der Waals surface area contributed by atoms with Gasteiger partial charge in [0.1, 0.15) is 0 Å². The highest BCUT2D eigenvalue weighted by Crippen LogP contribution is 2.08. The summed E-state index contributed by atoms with van der Waals surface area (Å²) < 4.78 is 0. The Labute approximate surface area is 75.3 Å². The van der Waals surface area contributed by atoms with E-state index in [1.54, 1.807) is 0 Å². The van der Waals surface area contributed by atoms with Crippen LogP contribution in [0.2, 0.25) is 0 Å². The van der Waals surface area contributed by atoms with E-state index in [-0.39, 0.29) is 6.42 Å². The molecule has 0 rings (SSSR count). The highest BCUT2D eigenvalue weighted by Gasteiger charge is 2.34. The normalized spacial score (nSPS) is 14.9. The molecule has 2 unspecified atom stereocenters. The van der Waals surface area contributed by atoms with E-state index in [2.05, 4.69) is 0 Å². The summed E-state index contributed by atoms with van der Waals surface area (Å²) >= 11 is 0. The molecule has 6 nitrogen and oxygen atoms in total. The van der Waals surface area contributed by atoms with E-state index in [0.29, 0.717) is 6.42 Å². The quantitative estimate of drug-likeness (QED) is 0.463. The van der Waals surface area contributed by atoms with Crippen molar-refractivity contribution < 1.29 is 19.9 Å². The van der Waals surface area contributed by atoms with E-state index in [1.807, 2.05) is 6.92 Å². The third-order valence-electron chi connectivity index (χ3n) is 1.74. The molecule has 76 valence electrons. The monoisotopic (exact) mass is 191 g/mol. The van der Waals surface area contributed by atoms with Gasteiger partial charge < -0.3 is 10.2 Å². The number of hydrogen-bond acceptors (Lipinski definition) is 4. The highest BCUT2D eigenvalue weighted by molar-refractivity contribution is 5.72. The Morgan fingerprint density at radius 1 is 1.62 bits per heavy atom. The molecule has 0 fully saturated rings. The standard InChI is InChI=1S/C7H13NO5/c1-2-3-4-5(8(12)13)6(9)7(10)11/h5-6,9H,2-4H2,1H3,(H,10,11). The van der Waals surface area contributed by atoms with Crippen molar-refractivity contribution in [1.82, 2.24) is 0 Å². The van der Waals surface area contributed by atoms with Crippen molar-refractivity contribution in [3.63, 3.8) is 0 Å². The van der Waals surface area contributed by atoms with Gasteiger partial charge in [0, 0.05) is 11.3 Å². The number of nitrogens with zero attached hydrogens (tertiary/aromatic N) is 1. The second-order valence-corrected chi connectivity index (χ2v) is 2.78. The van der Waals surface area contributed by atoms with Crippen LogP contribution < -0.4 is 0 Å². The molecule has 0 aromatic rings. The molecule has 0 saturated carbocycles. The zero-order chi connectivity index (χ0) is 10.4. The van der Waals surface area contributed by atoms with Crippen molar-refractivity contribution in [2.24, 2.45) is 0 Å². The molecule has 0 spiro atoms. The summed E-state index contributed by atoms with van der Waals surface area (Å²) in [6.07, 6.45) is -0.537. The fourth-order valence-electron chi connectivity index (χ4n) is 0.956. The molecule has 0 amide bonds. The van der Waals surface area contributed by atoms with Gasteiger partial charge in [-0.2, -0.15) is 0 Å². The number of aliphatic hydroxyl groups excluding tert-OH is 1. The Bertz CT molecular complexity index is 193. The Morgan fingerprint density at radius 2 is 2.15 bits per heavy atom. The van der Waals surface area contributed by atoms with Gasteiger partial charge in [-0.05, 0) is 6.42 Å². The van der Waals surface area contributed by atoms with Gasteiger partial charge in [0.05, 0.1) is 0 Å². The van der Waals surface area contributed by atoms with Gasteiger partial charge in [0.25, 0.3) is 0 Å². The number of nitro groups is 1. The predicted molar refractivity (Wildman–Crippen MR) is 44.0 cm³/mol. The second-order valence-electron chi connectivity index (χ2n) is 2.78. The van der Waals surface area contributed by atoms with Crippen molar-refractivity contribution in [1.29, 1.82) is 0 Å². The largest absolute Gasteiger partial charge is 0.479 e. The zero-order valence-electron chi connectivity index (χ0n) is 7.34. The minimum absolute atomic E-state index is 0.0942. The van der Waals surface area contributed by atoms with E-state index in [9.17, 15) is 14.9 Å². The molecule has 0 aliphatic carbocycles. The molecule has 2 atom stereocenters. The van der Waals surface area contributed by atoms with Crippen molar-refractivity contribution in [3.05, 3.63) is 10.1 Å². The van der Waals surface area contributed by atoms with Gasteiger partial charge in [-0.3, -0.25) is 10.1 Å². The van der Waals surface area contributed by atoms with Crippen LogP contribution in [0.4, 0.5) is 0 Å². The first-order chi connectivity index (χ1) is 6.00. The molecule has 0 aliphatic heterocycles. The third-order valence-corrected chi connectivity index (χ3v) is 1.74. The average molecular weight is 191 g/mol. The lowest BCUT2D eigenvalue weighted by Gasteiger charge is -2.11. The Morgan fingerprint density at radius 3 is 2.46 bits per heavy atom. The Kier molecular flexibility index (Phi) is 4.98. The summed E-state index contributed by atoms with van der Waals surface area (Å²) in [5.74, 6) is -1.54. The van der Waals surface area contributed by atoms with Crippen LogP contribution in [-0.2, 0) is 4.79 Å². The molecule has 0 heterocycles. The van der Waals surface area contributed by atoms with Crippen molar-refractivity contribution in [3.8, 4) is 0 Å². The van der Waals surface area contributed by atoms with Gasteiger partial charge in [0.15, 0.2) is 0 Å². The lowest BCUT2D eigenvalue weighted by molar-refractivity contribution is -0.532. The summed E-state index contributed by atoms with van der Waals surface area (Å²) in [5.41, 5.74) is 0. The van der Waals surface area contributed by atoms with Gasteiger partial charge in [-0.15, -0.1) is 0 Å². The van der Waals surface area contributed by atoms with Crippen LogP contribution in [0, 0.1) is 10.1 Å². The predicted octanol–water partition coefficient (Wildman–Crippen LogP) is 0.267. The van der Waals surface area contributed by atoms with Crippen LogP contribution in [0.25, 0.3) is 0 Å². The number of carboxylic acids is 1. The van der Waals surface area contributed by atoms with Gasteiger partial charge in [-0.1, -0.05) is 13.3 Å². The van der Waals surface area contributed by atoms with Gasteiger partial charge in [0.2, 0.25) is 12.1 Å². The van der Waals surface area contributed by atoms with Crippen molar-refractivity contribution in [2.45, 2.75) is 38.3 Å². The molecule has 0 bridgehead atoms. The highest BCUT2D eigenvalue weighted by atomic mass is 16.6. The Hall–Kier alpha value is -1.17. The molecular formula is C7H13NO5. The summed E-state index contributed by atoms with van der Waals surface area (Å²) in [6.45, 7) is 1.84. The van der Waals surface area contributed by atoms with Gasteiger partial charge in [-0.25, -0.2) is 4.79 Å². The summed E-state index contributed by atoms with van der Waals surface area (Å²) in [4.78, 5) is 19.8. The summed E-state index contributed by atoms with van der Waals surface area (Å²) in [6, 6.07) is -1.39. The number of rotatable bonds is 6. The maximum Gasteiger partial charge on any atom is 0.339 e. The maximum atomic E-state index is 10.3. The van der Waals surface area contributed by atoms with Crippen LogP contribution in [0.1, 0.15) is 26.2 Å². The van der Waals surface area contributed by atoms with Crippen LogP contribution in [0.3, 0.4) is 0 Å². The lowest BCUT2D eigenvalue weighted by Crippen LogP contribution is -2.39. The van der Waals surface area contributed by atoms with Crippen LogP contribution in [0.5, 0.6) is 0 Å². The topological polar surface area (TPSA) is 101 Å². The molecule has 0 aromatic heterocycles. The van der Waals surface area contributed by atoms with E-state index in [4.69, 9.17) is 10.2 Å². The number of aliphatic hydroxyl groups is 1. The fourth-order valence-corrected chi connectivity index (χ4v) is 0.956. The molecule has 0 aliphatic rings. The smallest absolute Gasteiger partial charge is 0.339 e. The first-order valence-electron chi connectivity index (χ1n) is 4.05. The molecule has 6 heteroatoms. The minimum Gasteiger partial charge on any atom is -0.479 e. The van der Waals surface area contributed by atoms with Crippen LogP contribution in [-0.4, -0.2) is 33.3 Å². The third kappa shape index (κ3) is 3.84. The van der Waals surface area contributed by atoms with Crippen LogP contribution >= 0.6 is 0 Å². The summed E-state index contributed by atoms with van der Waals surface area (Å²) in [5, 5.41) is 27.6. The Balaban J connectivity index is 4.24. The van der Waals surface area contributed by atoms with E-state index in [0.717, 1.165) is 6.42 Å². The zero-order valence-corrected chi connectivity index (χ0v) is 7.34. The number of unbranched alkanes of at least 4 members (excludes halogenated alkanes) is 1. The molecule has 2 N–H and O–H groups in total. The van der Waals surface area contributed by atoms with E-state index < -0.39 is 23.0 Å². The number of carbonyl (C=O) groups is 1. The maximum absolute atomic E-state index is 10.3. The van der Waals surface area contributed by atoms with Crippen LogP contribution in [0.15, 0.2) is 0 Å². The van der Waals surface area contributed by atoms with Crippen molar-refractivity contribution in [2.75, 3.05) is 0 Å². The lowest BCUT2D eigenvalue weighted by atomic mass is 10.1. The number of carboxylic acid groups (broad SMARTS) is 1. The first-order valence-corrected chi connectivity index (χ1v) is 4.05. The second kappa shape index (κ2) is 5.47. The molecule has 0 radical (unpaired) electrons. The average Bonchev–Trinajstić information content (AvgIpc) is 2.04. The SMILES string of the molecule is CCCCC(C(O)C(=O)O)[N+](=O)[O-]. The first kappa shape index (κ1) is 11.8. The molecular weight excluding hydrogens is 178 g/mol. The molecule has 0 saturated heterocycles. The molecule has 0 aromatic carbocycles. The fraction of sp³-hybridized carbons (Fsp3) is 0.857. The molecule has 13 heavy (non-hydrogen) atoms. The number of hydrogen-bond donors (Lipinski definition) is 2. The summed E-state index contributed by atoms with van der Waals surface area (Å²) in [7, 11) is 0. The van der Waals surface area contributed by atoms with Crippen molar-refractivity contribution >= 4 is 5.97 Å². The van der Waals surface area contributed by atoms with Gasteiger partial charge >= 0.3 is 5.97 Å². The van der Waals surface area contributed by atoms with E-state index >= 15 is 0 Å².